The van der Waals surface area contributed by atoms with Crippen molar-refractivity contribution in [2.24, 2.45) is 11.8 Å². The number of esters is 1. The van der Waals surface area contributed by atoms with Crippen LogP contribution >= 0.6 is 15.9 Å². The number of amides is 1. The molecule has 23 heavy (non-hydrogen) atoms. The third-order valence-corrected chi connectivity index (χ3v) is 5.21. The van der Waals surface area contributed by atoms with Crippen LogP contribution in [0.15, 0.2) is 28.7 Å². The predicted molar refractivity (Wildman–Crippen MR) is 92.9 cm³/mol. The van der Waals surface area contributed by atoms with E-state index in [9.17, 15) is 9.59 Å². The Bertz CT molecular complexity index is 544. The van der Waals surface area contributed by atoms with Crippen molar-refractivity contribution in [2.45, 2.75) is 45.6 Å². The van der Waals surface area contributed by atoms with Crippen molar-refractivity contribution >= 4 is 27.8 Å². The molecule has 5 heteroatoms. The Morgan fingerprint density at radius 2 is 1.91 bits per heavy atom. The largest absolute Gasteiger partial charge is 0.455 e. The Morgan fingerprint density at radius 1 is 1.22 bits per heavy atom. The van der Waals surface area contributed by atoms with Gasteiger partial charge in [-0.15, -0.1) is 0 Å². The van der Waals surface area contributed by atoms with Crippen LogP contribution in [0.25, 0.3) is 0 Å². The normalized spacial score (nSPS) is 24.0. The number of carbonyl (C=O) groups excluding carboxylic acids is 2. The van der Waals surface area contributed by atoms with E-state index in [1.807, 2.05) is 24.3 Å². The van der Waals surface area contributed by atoms with Crippen molar-refractivity contribution in [3.8, 4) is 0 Å². The third-order valence-electron chi connectivity index (χ3n) is 4.68. The van der Waals surface area contributed by atoms with Crippen molar-refractivity contribution in [1.29, 1.82) is 0 Å². The molecule has 1 saturated carbocycles. The van der Waals surface area contributed by atoms with Gasteiger partial charge in [0.2, 0.25) is 0 Å². The molecule has 0 heterocycles. The Morgan fingerprint density at radius 3 is 2.61 bits per heavy atom. The number of ether oxygens (including phenoxy) is 1. The first-order valence-corrected chi connectivity index (χ1v) is 8.94. The van der Waals surface area contributed by atoms with Crippen LogP contribution in [0.3, 0.4) is 0 Å². The molecule has 3 atom stereocenters. The summed E-state index contributed by atoms with van der Waals surface area (Å²) in [6.45, 7) is 4.20. The van der Waals surface area contributed by atoms with E-state index in [1.165, 1.54) is 6.42 Å². The van der Waals surface area contributed by atoms with Crippen LogP contribution in [-0.2, 0) is 20.7 Å². The molecular weight excluding hydrogens is 358 g/mol. The average molecular weight is 382 g/mol. The van der Waals surface area contributed by atoms with E-state index >= 15 is 0 Å². The van der Waals surface area contributed by atoms with Gasteiger partial charge in [0.05, 0.1) is 6.42 Å². The van der Waals surface area contributed by atoms with Gasteiger partial charge in [0, 0.05) is 10.5 Å². The Balaban J connectivity index is 1.73. The van der Waals surface area contributed by atoms with Crippen molar-refractivity contribution in [2.75, 3.05) is 6.61 Å². The number of benzene rings is 1. The molecule has 1 fully saturated rings. The lowest BCUT2D eigenvalue weighted by molar-refractivity contribution is -0.148. The second-order valence-corrected chi connectivity index (χ2v) is 7.32. The zero-order valence-corrected chi connectivity index (χ0v) is 15.3. The minimum absolute atomic E-state index is 0.178. The van der Waals surface area contributed by atoms with Gasteiger partial charge in [-0.25, -0.2) is 0 Å². The summed E-state index contributed by atoms with van der Waals surface area (Å²) >= 11 is 3.35. The van der Waals surface area contributed by atoms with Gasteiger partial charge in [-0.05, 0) is 36.0 Å². The van der Waals surface area contributed by atoms with Gasteiger partial charge in [0.15, 0.2) is 6.61 Å². The molecule has 1 aromatic carbocycles. The molecule has 0 radical (unpaired) electrons. The second-order valence-electron chi connectivity index (χ2n) is 6.41. The summed E-state index contributed by atoms with van der Waals surface area (Å²) in [5, 5.41) is 3.00. The van der Waals surface area contributed by atoms with E-state index < -0.39 is 0 Å². The van der Waals surface area contributed by atoms with E-state index in [2.05, 4.69) is 35.1 Å². The van der Waals surface area contributed by atoms with Gasteiger partial charge in [0.25, 0.3) is 5.91 Å². The molecule has 0 saturated heterocycles. The molecule has 0 unspecified atom stereocenters. The van der Waals surface area contributed by atoms with Crippen LogP contribution in [0.1, 0.15) is 38.7 Å². The summed E-state index contributed by atoms with van der Waals surface area (Å²) in [5.74, 6) is 0.493. The fourth-order valence-corrected chi connectivity index (χ4v) is 3.26. The quantitative estimate of drug-likeness (QED) is 0.794. The van der Waals surface area contributed by atoms with Gasteiger partial charge in [-0.3, -0.25) is 9.59 Å². The molecule has 0 aliphatic heterocycles. The van der Waals surface area contributed by atoms with Crippen molar-refractivity contribution in [3.05, 3.63) is 34.3 Å². The number of nitrogens with one attached hydrogen (secondary N) is 1. The number of halogens is 1. The molecule has 2 rings (SSSR count). The van der Waals surface area contributed by atoms with E-state index in [-0.39, 0.29) is 30.9 Å². The highest BCUT2D eigenvalue weighted by atomic mass is 79.9. The molecule has 0 spiro atoms. The molecule has 1 amide bonds. The van der Waals surface area contributed by atoms with Crippen molar-refractivity contribution in [1.82, 2.24) is 5.32 Å². The first-order chi connectivity index (χ1) is 11.0. The lowest BCUT2D eigenvalue weighted by atomic mass is 9.78. The lowest BCUT2D eigenvalue weighted by Gasteiger charge is -2.34. The fourth-order valence-electron chi connectivity index (χ4n) is 3.00. The van der Waals surface area contributed by atoms with Crippen LogP contribution in [0, 0.1) is 11.8 Å². The highest BCUT2D eigenvalue weighted by Gasteiger charge is 2.28. The molecule has 1 aromatic rings. The highest BCUT2D eigenvalue weighted by molar-refractivity contribution is 9.10. The number of carbonyl (C=O) groups is 2. The number of hydrogen-bond donors (Lipinski definition) is 1. The first-order valence-electron chi connectivity index (χ1n) is 8.15. The molecule has 4 nitrogen and oxygen atoms in total. The van der Waals surface area contributed by atoms with Crippen LogP contribution in [-0.4, -0.2) is 24.5 Å². The molecule has 126 valence electrons. The highest BCUT2D eigenvalue weighted by Crippen LogP contribution is 2.29. The summed E-state index contributed by atoms with van der Waals surface area (Å²) in [5.41, 5.74) is 0.869. The van der Waals surface area contributed by atoms with E-state index in [0.29, 0.717) is 11.8 Å². The Kier molecular flexibility index (Phi) is 6.63. The molecule has 0 bridgehead atoms. The molecule has 1 aliphatic rings. The maximum atomic E-state index is 12.0. The van der Waals surface area contributed by atoms with Crippen LogP contribution in [0.5, 0.6) is 0 Å². The monoisotopic (exact) mass is 381 g/mol. The standard InChI is InChI=1S/C18H24BrNO3/c1-12-4-3-5-16(13(12)2)20-17(21)11-23-18(22)10-14-6-8-15(19)9-7-14/h6-9,12-13,16H,3-5,10-11H2,1-2H3,(H,20,21)/t12-,13-,16-/m1/s1. The molecule has 1 N–H and O–H groups in total. The maximum absolute atomic E-state index is 12.0. The fraction of sp³-hybridized carbons (Fsp3) is 0.556. The average Bonchev–Trinajstić information content (AvgIpc) is 2.52. The Hall–Kier alpha value is -1.36. The molecule has 0 aromatic heterocycles. The van der Waals surface area contributed by atoms with E-state index in [0.717, 1.165) is 22.9 Å². The van der Waals surface area contributed by atoms with Crippen LogP contribution < -0.4 is 5.32 Å². The zero-order chi connectivity index (χ0) is 16.8. The minimum atomic E-state index is -0.382. The van der Waals surface area contributed by atoms with Crippen molar-refractivity contribution < 1.29 is 14.3 Å². The van der Waals surface area contributed by atoms with Gasteiger partial charge in [-0.2, -0.15) is 0 Å². The summed E-state index contributed by atoms with van der Waals surface area (Å²) in [7, 11) is 0. The first kappa shape index (κ1) is 18.0. The third kappa shape index (κ3) is 5.65. The molecule has 1 aliphatic carbocycles. The zero-order valence-electron chi connectivity index (χ0n) is 13.7. The van der Waals surface area contributed by atoms with Gasteiger partial charge in [-0.1, -0.05) is 54.8 Å². The summed E-state index contributed by atoms with van der Waals surface area (Å²) in [4.78, 5) is 23.8. The summed E-state index contributed by atoms with van der Waals surface area (Å²) in [6.07, 6.45) is 3.54. The predicted octanol–water partition coefficient (Wildman–Crippen LogP) is 3.48. The SMILES string of the molecule is C[C@@H]1[C@H](C)CCC[C@H]1NC(=O)COC(=O)Cc1ccc(Br)cc1. The summed E-state index contributed by atoms with van der Waals surface area (Å²) < 4.78 is 6.04. The van der Waals surface area contributed by atoms with Crippen LogP contribution in [0.2, 0.25) is 0 Å². The number of rotatable bonds is 5. The van der Waals surface area contributed by atoms with Gasteiger partial charge < -0.3 is 10.1 Å². The van der Waals surface area contributed by atoms with E-state index in [1.54, 1.807) is 0 Å². The topological polar surface area (TPSA) is 55.4 Å². The summed E-state index contributed by atoms with van der Waals surface area (Å²) in [6, 6.07) is 7.66. The van der Waals surface area contributed by atoms with Gasteiger partial charge >= 0.3 is 5.97 Å². The van der Waals surface area contributed by atoms with Crippen molar-refractivity contribution in [3.63, 3.8) is 0 Å². The van der Waals surface area contributed by atoms with E-state index in [4.69, 9.17) is 4.74 Å². The molecular formula is C18H24BrNO3. The lowest BCUT2D eigenvalue weighted by Crippen LogP contribution is -2.45. The second kappa shape index (κ2) is 8.48. The smallest absolute Gasteiger partial charge is 0.310 e. The maximum Gasteiger partial charge on any atom is 0.310 e. The Labute approximate surface area is 146 Å². The van der Waals surface area contributed by atoms with Gasteiger partial charge in [0.1, 0.15) is 0 Å². The number of hydrogen-bond acceptors (Lipinski definition) is 3. The minimum Gasteiger partial charge on any atom is -0.455 e. The van der Waals surface area contributed by atoms with Crippen LogP contribution in [0.4, 0.5) is 0 Å².